The normalized spacial score (nSPS) is 12.4. The first-order chi connectivity index (χ1) is 11.9. The van der Waals surface area contributed by atoms with Crippen molar-refractivity contribution in [1.82, 2.24) is 15.3 Å². The maximum absolute atomic E-state index is 12.7. The van der Waals surface area contributed by atoms with Crippen LogP contribution in [0.25, 0.3) is 11.6 Å². The first-order valence-corrected chi connectivity index (χ1v) is 9.92. The van der Waals surface area contributed by atoms with Crippen molar-refractivity contribution in [2.24, 2.45) is 5.92 Å². The summed E-state index contributed by atoms with van der Waals surface area (Å²) in [5, 5.41) is 3.76. The lowest BCUT2D eigenvalue weighted by molar-refractivity contribution is 0.0933. The van der Waals surface area contributed by atoms with Crippen LogP contribution in [0.5, 0.6) is 0 Å². The molecule has 1 unspecified atom stereocenters. The van der Waals surface area contributed by atoms with Gasteiger partial charge in [0.25, 0.3) is 5.91 Å². The highest BCUT2D eigenvalue weighted by molar-refractivity contribution is 7.98. The van der Waals surface area contributed by atoms with Gasteiger partial charge >= 0.3 is 0 Å². The van der Waals surface area contributed by atoms with Gasteiger partial charge in [-0.1, -0.05) is 26.7 Å². The molecular weight excluding hydrogens is 334 g/mol. The predicted octanol–water partition coefficient (Wildman–Crippen LogP) is 4.71. The van der Waals surface area contributed by atoms with Gasteiger partial charge in [-0.3, -0.25) is 4.79 Å². The number of thioether (sulfide) groups is 1. The van der Waals surface area contributed by atoms with Crippen LogP contribution >= 0.6 is 11.8 Å². The Bertz CT molecular complexity index is 699. The average Bonchev–Trinajstić information content (AvgIpc) is 3.07. The van der Waals surface area contributed by atoms with E-state index in [1.165, 1.54) is 18.2 Å². The van der Waals surface area contributed by atoms with Crippen molar-refractivity contribution in [2.45, 2.75) is 58.0 Å². The van der Waals surface area contributed by atoms with Crippen molar-refractivity contribution in [3.05, 3.63) is 29.7 Å². The van der Waals surface area contributed by atoms with Crippen molar-refractivity contribution in [3.8, 4) is 11.6 Å². The summed E-state index contributed by atoms with van der Waals surface area (Å²) in [5.41, 5.74) is 1.22. The van der Waals surface area contributed by atoms with E-state index in [-0.39, 0.29) is 11.9 Å². The number of amides is 1. The summed E-state index contributed by atoms with van der Waals surface area (Å²) in [7, 11) is 0. The Kier molecular flexibility index (Phi) is 7.05. The zero-order chi connectivity index (χ0) is 18.4. The van der Waals surface area contributed by atoms with E-state index in [1.54, 1.807) is 12.3 Å². The monoisotopic (exact) mass is 361 g/mol. The summed E-state index contributed by atoms with van der Waals surface area (Å²) in [6.45, 7) is 8.32. The third kappa shape index (κ3) is 5.33. The number of nitrogens with zero attached hydrogens (tertiary/aromatic N) is 2. The van der Waals surface area contributed by atoms with Crippen LogP contribution in [-0.4, -0.2) is 28.2 Å². The second-order valence-corrected chi connectivity index (χ2v) is 7.49. The summed E-state index contributed by atoms with van der Waals surface area (Å²) in [6.07, 6.45) is 6.77. The van der Waals surface area contributed by atoms with E-state index in [4.69, 9.17) is 4.42 Å². The van der Waals surface area contributed by atoms with Crippen LogP contribution in [0.15, 0.2) is 27.8 Å². The van der Waals surface area contributed by atoms with Gasteiger partial charge in [-0.05, 0) is 44.6 Å². The maximum atomic E-state index is 12.7. The highest BCUT2D eigenvalue weighted by Crippen LogP contribution is 2.25. The molecule has 0 aromatic carbocycles. The number of aryl methyl sites for hydroxylation is 1. The molecule has 1 N–H and O–H groups in total. The second-order valence-electron chi connectivity index (χ2n) is 6.69. The van der Waals surface area contributed by atoms with E-state index < -0.39 is 0 Å². The standard InChI is InChI=1S/C19H27N3O2S/c1-12(2)8-6-9-13(3)20-18(23)16-14(4)21-17(22-19(16)25-5)15-10-7-11-24-15/h7,10-13H,6,8-9H2,1-5H3,(H,20,23). The molecular formula is C19H27N3O2S. The molecule has 25 heavy (non-hydrogen) atoms. The van der Waals surface area contributed by atoms with Crippen LogP contribution < -0.4 is 5.32 Å². The molecule has 0 fully saturated rings. The molecule has 0 saturated carbocycles. The Hall–Kier alpha value is -1.82. The summed E-state index contributed by atoms with van der Waals surface area (Å²) in [6, 6.07) is 3.74. The quantitative estimate of drug-likeness (QED) is 0.545. The number of furan rings is 1. The van der Waals surface area contributed by atoms with Gasteiger partial charge in [0.2, 0.25) is 0 Å². The van der Waals surface area contributed by atoms with Crippen molar-refractivity contribution in [3.63, 3.8) is 0 Å². The molecule has 2 heterocycles. The minimum absolute atomic E-state index is 0.107. The number of carbonyl (C=O) groups is 1. The Morgan fingerprint density at radius 2 is 2.04 bits per heavy atom. The van der Waals surface area contributed by atoms with E-state index in [2.05, 4.69) is 29.1 Å². The topological polar surface area (TPSA) is 68.0 Å². The van der Waals surface area contributed by atoms with Crippen LogP contribution in [0, 0.1) is 12.8 Å². The Morgan fingerprint density at radius 1 is 1.28 bits per heavy atom. The molecule has 0 saturated heterocycles. The Balaban J connectivity index is 2.13. The van der Waals surface area contributed by atoms with Crippen LogP contribution in [0.1, 0.15) is 56.1 Å². The highest BCUT2D eigenvalue weighted by atomic mass is 32.2. The number of rotatable bonds is 8. The Labute approximate surface area is 154 Å². The zero-order valence-corrected chi connectivity index (χ0v) is 16.4. The lowest BCUT2D eigenvalue weighted by atomic mass is 10.0. The molecule has 0 aliphatic rings. The molecule has 2 rings (SSSR count). The van der Waals surface area contributed by atoms with Gasteiger partial charge in [-0.25, -0.2) is 9.97 Å². The molecule has 1 amide bonds. The number of hydrogen-bond donors (Lipinski definition) is 1. The summed E-state index contributed by atoms with van der Waals surface area (Å²) in [4.78, 5) is 21.7. The first kappa shape index (κ1) is 19.5. The molecule has 2 aromatic rings. The van der Waals surface area contributed by atoms with Crippen LogP contribution in [-0.2, 0) is 0 Å². The average molecular weight is 362 g/mol. The van der Waals surface area contributed by atoms with Crippen LogP contribution in [0.2, 0.25) is 0 Å². The van der Waals surface area contributed by atoms with E-state index >= 15 is 0 Å². The molecule has 5 nitrogen and oxygen atoms in total. The minimum atomic E-state index is -0.107. The van der Waals surface area contributed by atoms with E-state index in [1.807, 2.05) is 26.2 Å². The fourth-order valence-electron chi connectivity index (χ4n) is 2.67. The fraction of sp³-hybridized carbons (Fsp3) is 0.526. The van der Waals surface area contributed by atoms with E-state index in [9.17, 15) is 4.79 Å². The van der Waals surface area contributed by atoms with Crippen LogP contribution in [0.4, 0.5) is 0 Å². The van der Waals surface area contributed by atoms with E-state index in [0.717, 1.165) is 12.8 Å². The molecule has 0 aliphatic heterocycles. The third-order valence-corrected chi connectivity index (χ3v) is 4.70. The van der Waals surface area contributed by atoms with Crippen molar-refractivity contribution < 1.29 is 9.21 Å². The molecule has 6 heteroatoms. The lowest BCUT2D eigenvalue weighted by Gasteiger charge is -2.16. The van der Waals surface area contributed by atoms with Gasteiger partial charge in [0.1, 0.15) is 5.03 Å². The maximum Gasteiger partial charge on any atom is 0.256 e. The lowest BCUT2D eigenvalue weighted by Crippen LogP contribution is -2.33. The molecule has 136 valence electrons. The third-order valence-electron chi connectivity index (χ3n) is 4.01. The predicted molar refractivity (Wildman–Crippen MR) is 102 cm³/mol. The Morgan fingerprint density at radius 3 is 2.64 bits per heavy atom. The number of nitrogens with one attached hydrogen (secondary N) is 1. The van der Waals surface area contributed by atoms with Crippen LogP contribution in [0.3, 0.4) is 0 Å². The number of hydrogen-bond acceptors (Lipinski definition) is 5. The molecule has 2 aromatic heterocycles. The SMILES string of the molecule is CSc1nc(-c2ccco2)nc(C)c1C(=O)NC(C)CCCC(C)C. The smallest absolute Gasteiger partial charge is 0.256 e. The molecule has 0 spiro atoms. The summed E-state index contributed by atoms with van der Waals surface area (Å²) in [5.74, 6) is 1.70. The van der Waals surface area contributed by atoms with Gasteiger partial charge in [0.15, 0.2) is 11.6 Å². The zero-order valence-electron chi connectivity index (χ0n) is 15.6. The minimum Gasteiger partial charge on any atom is -0.461 e. The van der Waals surface area contributed by atoms with Crippen molar-refractivity contribution in [2.75, 3.05) is 6.26 Å². The van der Waals surface area contributed by atoms with Gasteiger partial charge < -0.3 is 9.73 Å². The second kappa shape index (κ2) is 9.04. The van der Waals surface area contributed by atoms with Gasteiger partial charge in [-0.15, -0.1) is 11.8 Å². The fourth-order valence-corrected chi connectivity index (χ4v) is 3.29. The molecule has 1 atom stereocenters. The summed E-state index contributed by atoms with van der Waals surface area (Å²) >= 11 is 1.44. The van der Waals surface area contributed by atoms with Crippen molar-refractivity contribution in [1.29, 1.82) is 0 Å². The van der Waals surface area contributed by atoms with Gasteiger partial charge in [-0.2, -0.15) is 0 Å². The van der Waals surface area contributed by atoms with E-state index in [0.29, 0.717) is 33.8 Å². The van der Waals surface area contributed by atoms with Gasteiger partial charge in [0, 0.05) is 6.04 Å². The number of carbonyl (C=O) groups excluding carboxylic acids is 1. The largest absolute Gasteiger partial charge is 0.461 e. The molecule has 0 bridgehead atoms. The van der Waals surface area contributed by atoms with Crippen molar-refractivity contribution >= 4 is 17.7 Å². The number of aromatic nitrogens is 2. The first-order valence-electron chi connectivity index (χ1n) is 8.69. The molecule has 0 aliphatic carbocycles. The van der Waals surface area contributed by atoms with Gasteiger partial charge in [0.05, 0.1) is 17.5 Å². The highest BCUT2D eigenvalue weighted by Gasteiger charge is 2.21. The summed E-state index contributed by atoms with van der Waals surface area (Å²) < 4.78 is 5.37. The molecule has 0 radical (unpaired) electrons.